The molecule has 5 heteroatoms. The molecule has 2 atom stereocenters. The van der Waals surface area contributed by atoms with E-state index in [1.807, 2.05) is 18.2 Å². The van der Waals surface area contributed by atoms with Crippen molar-refractivity contribution in [1.29, 1.82) is 0 Å². The number of methoxy groups -OCH3 is 2. The van der Waals surface area contributed by atoms with Crippen LogP contribution in [0.4, 0.5) is 0 Å². The van der Waals surface area contributed by atoms with Gasteiger partial charge in [0.2, 0.25) is 0 Å². The number of carbonyl (C=O) groups is 1. The lowest BCUT2D eigenvalue weighted by atomic mass is 10.0. The monoisotopic (exact) mass is 327 g/mol. The van der Waals surface area contributed by atoms with Gasteiger partial charge in [-0.1, -0.05) is 6.07 Å². The van der Waals surface area contributed by atoms with Crippen LogP contribution < -0.4 is 10.1 Å². The van der Waals surface area contributed by atoms with Crippen LogP contribution in [-0.2, 0) is 16.0 Å². The van der Waals surface area contributed by atoms with Gasteiger partial charge in [0.25, 0.3) is 0 Å². The standard InChI is InChI=1S/C14H18BrNO3/c1-18-10-7-12(16-8-10)13(17)6-9-3-4-14(19-2)11(15)5-9/h3-5,10,12,16H,6-8H2,1-2H3. The molecule has 1 heterocycles. The maximum atomic E-state index is 12.2. The number of rotatable bonds is 5. The molecule has 0 aliphatic carbocycles. The summed E-state index contributed by atoms with van der Waals surface area (Å²) in [4.78, 5) is 12.2. The minimum absolute atomic E-state index is 0.0918. The van der Waals surface area contributed by atoms with Gasteiger partial charge < -0.3 is 14.8 Å². The number of carbonyl (C=O) groups excluding carboxylic acids is 1. The molecule has 19 heavy (non-hydrogen) atoms. The fourth-order valence-electron chi connectivity index (χ4n) is 2.27. The Morgan fingerprint density at radius 1 is 1.47 bits per heavy atom. The maximum absolute atomic E-state index is 12.2. The van der Waals surface area contributed by atoms with Gasteiger partial charge in [-0.25, -0.2) is 0 Å². The zero-order valence-corrected chi connectivity index (χ0v) is 12.7. The Morgan fingerprint density at radius 2 is 2.26 bits per heavy atom. The highest BCUT2D eigenvalue weighted by molar-refractivity contribution is 9.10. The summed E-state index contributed by atoms with van der Waals surface area (Å²) >= 11 is 3.43. The zero-order valence-electron chi connectivity index (χ0n) is 11.1. The largest absolute Gasteiger partial charge is 0.496 e. The van der Waals surface area contributed by atoms with Gasteiger partial charge in [0.05, 0.1) is 23.7 Å². The smallest absolute Gasteiger partial charge is 0.154 e. The first-order valence-corrected chi connectivity index (χ1v) is 7.04. The first-order chi connectivity index (χ1) is 9.13. The minimum atomic E-state index is -0.0918. The molecule has 1 fully saturated rings. The summed E-state index contributed by atoms with van der Waals surface area (Å²) in [6.07, 6.45) is 1.33. The summed E-state index contributed by atoms with van der Waals surface area (Å²) in [5, 5.41) is 3.20. The molecule has 1 aliphatic heterocycles. The van der Waals surface area contributed by atoms with Crippen molar-refractivity contribution in [3.05, 3.63) is 28.2 Å². The third kappa shape index (κ3) is 3.55. The lowest BCUT2D eigenvalue weighted by molar-refractivity contribution is -0.120. The van der Waals surface area contributed by atoms with Gasteiger partial charge in [-0.2, -0.15) is 0 Å². The van der Waals surface area contributed by atoms with Crippen molar-refractivity contribution in [3.63, 3.8) is 0 Å². The molecule has 0 bridgehead atoms. The van der Waals surface area contributed by atoms with E-state index in [1.165, 1.54) is 0 Å². The first-order valence-electron chi connectivity index (χ1n) is 6.25. The molecule has 1 N–H and O–H groups in total. The summed E-state index contributed by atoms with van der Waals surface area (Å²) in [5.74, 6) is 0.978. The summed E-state index contributed by atoms with van der Waals surface area (Å²) in [6, 6.07) is 5.63. The summed E-state index contributed by atoms with van der Waals surface area (Å²) in [5.41, 5.74) is 0.986. The molecule has 1 aromatic rings. The topological polar surface area (TPSA) is 47.6 Å². The SMILES string of the molecule is COc1ccc(CC(=O)C2CC(OC)CN2)cc1Br. The van der Waals surface area contributed by atoms with Crippen LogP contribution >= 0.6 is 15.9 Å². The molecule has 2 unspecified atom stereocenters. The molecule has 0 spiro atoms. The van der Waals surface area contributed by atoms with Gasteiger partial charge in [-0.05, 0) is 40.0 Å². The maximum Gasteiger partial charge on any atom is 0.154 e. The molecule has 0 radical (unpaired) electrons. The number of ether oxygens (including phenoxy) is 2. The average Bonchev–Trinajstić information content (AvgIpc) is 2.88. The van der Waals surface area contributed by atoms with Crippen molar-refractivity contribution in [3.8, 4) is 5.75 Å². The van der Waals surface area contributed by atoms with E-state index in [2.05, 4.69) is 21.2 Å². The van der Waals surface area contributed by atoms with Crippen molar-refractivity contribution >= 4 is 21.7 Å². The number of hydrogen-bond acceptors (Lipinski definition) is 4. The molecular formula is C14H18BrNO3. The van der Waals surface area contributed by atoms with E-state index in [4.69, 9.17) is 9.47 Å². The van der Waals surface area contributed by atoms with Crippen LogP contribution in [0.3, 0.4) is 0 Å². The molecule has 2 rings (SSSR count). The highest BCUT2D eigenvalue weighted by atomic mass is 79.9. The van der Waals surface area contributed by atoms with E-state index in [1.54, 1.807) is 14.2 Å². The van der Waals surface area contributed by atoms with Crippen molar-refractivity contribution in [2.45, 2.75) is 25.0 Å². The summed E-state index contributed by atoms with van der Waals surface area (Å²) < 4.78 is 11.3. The number of hydrogen-bond donors (Lipinski definition) is 1. The van der Waals surface area contributed by atoms with Crippen LogP contribution in [0.25, 0.3) is 0 Å². The van der Waals surface area contributed by atoms with Crippen LogP contribution in [0.2, 0.25) is 0 Å². The van der Waals surface area contributed by atoms with E-state index in [0.717, 1.165) is 28.8 Å². The van der Waals surface area contributed by atoms with Crippen LogP contribution in [-0.4, -0.2) is 38.7 Å². The van der Waals surface area contributed by atoms with Crippen molar-refractivity contribution < 1.29 is 14.3 Å². The Bertz CT molecular complexity index is 464. The number of ketones is 1. The predicted molar refractivity (Wildman–Crippen MR) is 76.6 cm³/mol. The molecule has 0 amide bonds. The lowest BCUT2D eigenvalue weighted by Crippen LogP contribution is -2.31. The van der Waals surface area contributed by atoms with E-state index < -0.39 is 0 Å². The third-order valence-corrected chi connectivity index (χ3v) is 4.03. The molecule has 4 nitrogen and oxygen atoms in total. The van der Waals surface area contributed by atoms with E-state index in [0.29, 0.717) is 6.42 Å². The Labute approximate surface area is 121 Å². The van der Waals surface area contributed by atoms with E-state index in [9.17, 15) is 4.79 Å². The Morgan fingerprint density at radius 3 is 2.84 bits per heavy atom. The fraction of sp³-hybridized carbons (Fsp3) is 0.500. The highest BCUT2D eigenvalue weighted by Crippen LogP contribution is 2.26. The van der Waals surface area contributed by atoms with Crippen LogP contribution in [0.15, 0.2) is 22.7 Å². The van der Waals surface area contributed by atoms with E-state index in [-0.39, 0.29) is 17.9 Å². The first kappa shape index (κ1) is 14.5. The number of benzene rings is 1. The molecule has 1 aromatic carbocycles. The van der Waals surface area contributed by atoms with Crippen LogP contribution in [0.5, 0.6) is 5.75 Å². The van der Waals surface area contributed by atoms with Gasteiger partial charge in [0.15, 0.2) is 5.78 Å². The van der Waals surface area contributed by atoms with Gasteiger partial charge in [0.1, 0.15) is 5.75 Å². The second-order valence-electron chi connectivity index (χ2n) is 4.67. The normalized spacial score (nSPS) is 22.5. The third-order valence-electron chi connectivity index (χ3n) is 3.41. The van der Waals surface area contributed by atoms with Gasteiger partial charge in [-0.15, -0.1) is 0 Å². The predicted octanol–water partition coefficient (Wildman–Crippen LogP) is 1.95. The minimum Gasteiger partial charge on any atom is -0.496 e. The number of halogens is 1. The summed E-state index contributed by atoms with van der Waals surface area (Å²) in [7, 11) is 3.30. The van der Waals surface area contributed by atoms with Crippen molar-refractivity contribution in [1.82, 2.24) is 5.32 Å². The molecule has 1 aliphatic rings. The Kier molecular flexibility index (Phi) is 4.96. The second kappa shape index (κ2) is 6.50. The van der Waals surface area contributed by atoms with E-state index >= 15 is 0 Å². The molecule has 104 valence electrons. The Balaban J connectivity index is 1.97. The molecule has 0 saturated carbocycles. The van der Waals surface area contributed by atoms with Gasteiger partial charge in [0, 0.05) is 20.1 Å². The quantitative estimate of drug-likeness (QED) is 0.897. The average molecular weight is 328 g/mol. The molecule has 0 aromatic heterocycles. The summed E-state index contributed by atoms with van der Waals surface area (Å²) in [6.45, 7) is 0.749. The lowest BCUT2D eigenvalue weighted by Gasteiger charge is -2.10. The van der Waals surface area contributed by atoms with Gasteiger partial charge >= 0.3 is 0 Å². The molecular weight excluding hydrogens is 310 g/mol. The second-order valence-corrected chi connectivity index (χ2v) is 5.52. The molecule has 1 saturated heterocycles. The van der Waals surface area contributed by atoms with Crippen molar-refractivity contribution in [2.75, 3.05) is 20.8 Å². The Hall–Kier alpha value is -0.910. The van der Waals surface area contributed by atoms with Crippen LogP contribution in [0.1, 0.15) is 12.0 Å². The number of nitrogens with one attached hydrogen (secondary N) is 1. The van der Waals surface area contributed by atoms with Crippen molar-refractivity contribution in [2.24, 2.45) is 0 Å². The fourth-order valence-corrected chi connectivity index (χ4v) is 2.86. The zero-order chi connectivity index (χ0) is 13.8. The van der Waals surface area contributed by atoms with Gasteiger partial charge in [-0.3, -0.25) is 4.79 Å². The highest BCUT2D eigenvalue weighted by Gasteiger charge is 2.28. The number of Topliss-reactive ketones (excluding diaryl/α,β-unsaturated/α-hetero) is 1. The van der Waals surface area contributed by atoms with Crippen LogP contribution in [0, 0.1) is 0 Å².